The van der Waals surface area contributed by atoms with Crippen LogP contribution in [0.1, 0.15) is 43.1 Å². The summed E-state index contributed by atoms with van der Waals surface area (Å²) in [6.07, 6.45) is 5.05. The van der Waals surface area contributed by atoms with Gasteiger partial charge in [0.05, 0.1) is 4.11 Å². The summed E-state index contributed by atoms with van der Waals surface area (Å²) in [6.45, 7) is 1.80. The van der Waals surface area contributed by atoms with E-state index >= 15 is 0 Å². The zero-order chi connectivity index (χ0) is 8.69. The van der Waals surface area contributed by atoms with Crippen molar-refractivity contribution in [2.45, 2.75) is 39.0 Å². The van der Waals surface area contributed by atoms with Crippen molar-refractivity contribution in [1.82, 2.24) is 0 Å². The van der Waals surface area contributed by atoms with Gasteiger partial charge in [0.2, 0.25) is 0 Å². The van der Waals surface area contributed by atoms with E-state index < -0.39 is 0 Å². The number of hydrogen-bond acceptors (Lipinski definition) is 0. The van der Waals surface area contributed by atoms with Crippen LogP contribution in [-0.4, -0.2) is 0 Å². The van der Waals surface area contributed by atoms with Crippen molar-refractivity contribution in [2.75, 3.05) is 0 Å². The first-order valence-electron chi connectivity index (χ1n) is 4.81. The molecule has 0 rings (SSSR count). The van der Waals surface area contributed by atoms with Gasteiger partial charge in [0.25, 0.3) is 0 Å². The highest BCUT2D eigenvalue weighted by atomic mass is 13.9. The SMILES string of the molecule is [2H]C([2H])=C([2H])CCCCCC. The minimum absolute atomic E-state index is 0.168. The normalized spacial score (nSPS) is 13.9. The maximum atomic E-state index is 7.17. The molecule has 0 amide bonds. The Kier molecular flexibility index (Phi) is 3.12. The van der Waals surface area contributed by atoms with Crippen LogP contribution in [0.3, 0.4) is 0 Å². The number of rotatable bonds is 5. The van der Waals surface area contributed by atoms with Gasteiger partial charge in [0.1, 0.15) is 0 Å². The summed E-state index contributed by atoms with van der Waals surface area (Å²) in [7, 11) is 0. The molecular formula is C8H16. The molecule has 0 saturated heterocycles. The van der Waals surface area contributed by atoms with Gasteiger partial charge < -0.3 is 0 Å². The molecule has 0 heteroatoms. The Labute approximate surface area is 56.8 Å². The third kappa shape index (κ3) is 5.74. The van der Waals surface area contributed by atoms with Gasteiger partial charge in [-0.3, -0.25) is 0 Å². The van der Waals surface area contributed by atoms with E-state index in [0.717, 1.165) is 12.8 Å². The molecule has 48 valence electrons. The highest BCUT2D eigenvalue weighted by Crippen LogP contribution is 2.01. The molecule has 0 aromatic rings. The average molecular weight is 115 g/mol. The van der Waals surface area contributed by atoms with E-state index in [1.807, 2.05) is 0 Å². The summed E-state index contributed by atoms with van der Waals surface area (Å²) in [5.41, 5.74) is 0. The van der Waals surface area contributed by atoms with Crippen LogP contribution in [-0.2, 0) is 0 Å². The Morgan fingerprint density at radius 3 is 3.12 bits per heavy atom. The Morgan fingerprint density at radius 2 is 2.50 bits per heavy atom. The molecule has 0 bridgehead atoms. The quantitative estimate of drug-likeness (QED) is 0.381. The van der Waals surface area contributed by atoms with Crippen LogP contribution in [0.15, 0.2) is 12.6 Å². The fourth-order valence-electron chi connectivity index (χ4n) is 0.640. The molecule has 0 radical (unpaired) electrons. The lowest BCUT2D eigenvalue weighted by molar-refractivity contribution is 0.675. The Bertz CT molecular complexity index is 125. The largest absolute Gasteiger partial charge is 0.103 e. The average Bonchev–Trinajstić information content (AvgIpc) is 1.97. The molecule has 0 aromatic carbocycles. The number of hydrogen-bond donors (Lipinski definition) is 0. The van der Waals surface area contributed by atoms with Crippen molar-refractivity contribution in [3.05, 3.63) is 12.6 Å². The molecule has 0 heterocycles. The number of allylic oxidation sites excluding steroid dienone is 1. The van der Waals surface area contributed by atoms with Crippen LogP contribution in [0.25, 0.3) is 0 Å². The Hall–Kier alpha value is -0.260. The maximum Gasteiger partial charge on any atom is 0.0570 e. The van der Waals surface area contributed by atoms with Gasteiger partial charge in [-0.15, -0.1) is 6.53 Å². The molecule has 0 atom stereocenters. The summed E-state index contributed by atoms with van der Waals surface area (Å²) in [5, 5.41) is 0. The van der Waals surface area contributed by atoms with Crippen molar-refractivity contribution >= 4 is 0 Å². The van der Waals surface area contributed by atoms with Crippen molar-refractivity contribution in [3.8, 4) is 0 Å². The molecule has 8 heavy (non-hydrogen) atoms. The second-order valence-electron chi connectivity index (χ2n) is 1.99. The molecule has 0 unspecified atom stereocenters. The van der Waals surface area contributed by atoms with Crippen LogP contribution in [0, 0.1) is 0 Å². The molecule has 0 aliphatic heterocycles. The van der Waals surface area contributed by atoms with Crippen LogP contribution in [0.5, 0.6) is 0 Å². The van der Waals surface area contributed by atoms with Crippen molar-refractivity contribution < 1.29 is 4.11 Å². The lowest BCUT2D eigenvalue weighted by Gasteiger charge is -1.91. The first-order chi connectivity index (χ1) is 5.18. The van der Waals surface area contributed by atoms with E-state index in [1.54, 1.807) is 0 Å². The first-order valence-corrected chi connectivity index (χ1v) is 3.31. The minimum atomic E-state index is -0.332. The third-order valence-electron chi connectivity index (χ3n) is 1.16. The van der Waals surface area contributed by atoms with E-state index in [0.29, 0.717) is 6.42 Å². The zero-order valence-corrected chi connectivity index (χ0v) is 5.54. The van der Waals surface area contributed by atoms with E-state index in [9.17, 15) is 0 Å². The van der Waals surface area contributed by atoms with Crippen molar-refractivity contribution in [1.29, 1.82) is 0 Å². The van der Waals surface area contributed by atoms with E-state index in [-0.39, 0.29) is 12.6 Å². The molecular weight excluding hydrogens is 96.1 g/mol. The summed E-state index contributed by atoms with van der Waals surface area (Å²) in [6, 6.07) is 0.168. The van der Waals surface area contributed by atoms with Crippen LogP contribution < -0.4 is 0 Å². The summed E-state index contributed by atoms with van der Waals surface area (Å²) in [5.74, 6) is 0. The maximum absolute atomic E-state index is 7.17. The van der Waals surface area contributed by atoms with E-state index in [4.69, 9.17) is 4.11 Å². The van der Waals surface area contributed by atoms with E-state index in [1.165, 1.54) is 12.8 Å². The van der Waals surface area contributed by atoms with Gasteiger partial charge in [0, 0.05) is 0 Å². The smallest absolute Gasteiger partial charge is 0.0570 e. The van der Waals surface area contributed by atoms with Gasteiger partial charge in [0.15, 0.2) is 0 Å². The molecule has 0 fully saturated rings. The predicted molar refractivity (Wildman–Crippen MR) is 39.0 cm³/mol. The van der Waals surface area contributed by atoms with Gasteiger partial charge in [-0.05, 0) is 12.8 Å². The predicted octanol–water partition coefficient (Wildman–Crippen LogP) is 3.14. The van der Waals surface area contributed by atoms with Crippen molar-refractivity contribution in [3.63, 3.8) is 0 Å². The second kappa shape index (κ2) is 6.74. The lowest BCUT2D eigenvalue weighted by atomic mass is 10.2. The first kappa shape index (κ1) is 3.71. The van der Waals surface area contributed by atoms with Crippen molar-refractivity contribution in [2.24, 2.45) is 0 Å². The second-order valence-corrected chi connectivity index (χ2v) is 1.99. The van der Waals surface area contributed by atoms with Crippen LogP contribution in [0.4, 0.5) is 0 Å². The monoisotopic (exact) mass is 115 g/mol. The molecule has 0 spiro atoms. The molecule has 0 aliphatic carbocycles. The molecule has 0 aliphatic rings. The summed E-state index contributed by atoms with van der Waals surface area (Å²) < 4.78 is 20.8. The zero-order valence-electron chi connectivity index (χ0n) is 8.54. The van der Waals surface area contributed by atoms with Gasteiger partial charge >= 0.3 is 0 Å². The van der Waals surface area contributed by atoms with Crippen LogP contribution in [0.2, 0.25) is 0 Å². The lowest BCUT2D eigenvalue weighted by Crippen LogP contribution is -1.71. The fraction of sp³-hybridized carbons (Fsp3) is 0.750. The molecule has 0 N–H and O–H groups in total. The summed E-state index contributed by atoms with van der Waals surface area (Å²) in [4.78, 5) is 0. The van der Waals surface area contributed by atoms with Crippen LogP contribution >= 0.6 is 0 Å². The standard InChI is InChI=1S/C8H16/c1-3-5-7-8-6-4-2/h3H,1,4-8H2,2H3/i1D2,3D. The molecule has 0 nitrogen and oxygen atoms in total. The van der Waals surface area contributed by atoms with Gasteiger partial charge in [-0.1, -0.05) is 32.2 Å². The summed E-state index contributed by atoms with van der Waals surface area (Å²) >= 11 is 0. The highest BCUT2D eigenvalue weighted by molar-refractivity contribution is 4.64. The van der Waals surface area contributed by atoms with Gasteiger partial charge in [-0.2, -0.15) is 0 Å². The number of unbranched alkanes of at least 4 members (excludes halogenated alkanes) is 3. The fourth-order valence-corrected chi connectivity index (χ4v) is 0.640. The third-order valence-corrected chi connectivity index (χ3v) is 1.16. The van der Waals surface area contributed by atoms with E-state index in [2.05, 4.69) is 6.92 Å². The minimum Gasteiger partial charge on any atom is -0.103 e. The molecule has 0 aromatic heterocycles. The highest BCUT2D eigenvalue weighted by Gasteiger charge is 1.81. The topological polar surface area (TPSA) is 0 Å². The van der Waals surface area contributed by atoms with Gasteiger partial charge in [-0.25, -0.2) is 0 Å². The Balaban J connectivity index is 3.32. The Morgan fingerprint density at radius 1 is 1.62 bits per heavy atom. The molecule has 0 saturated carbocycles.